The summed E-state index contributed by atoms with van der Waals surface area (Å²) in [6.07, 6.45) is 0. The Bertz CT molecular complexity index is 605. The van der Waals surface area contributed by atoms with Crippen LogP contribution in [0.5, 0.6) is 0 Å². The number of sulfone groups is 1. The van der Waals surface area contributed by atoms with E-state index in [2.05, 4.69) is 15.9 Å². The van der Waals surface area contributed by atoms with Gasteiger partial charge in [-0.3, -0.25) is 0 Å². The first kappa shape index (κ1) is 13.5. The SMILES string of the molecule is O=S1(=O)CCN(S(=O)(=O)c2sccc2Br)CC1. The van der Waals surface area contributed by atoms with Gasteiger partial charge in [-0.25, -0.2) is 16.8 Å². The average Bonchev–Trinajstić information content (AvgIpc) is 2.64. The summed E-state index contributed by atoms with van der Waals surface area (Å²) < 4.78 is 48.9. The Hall–Kier alpha value is 0.0400. The lowest BCUT2D eigenvalue weighted by molar-refractivity contribution is 0.432. The highest BCUT2D eigenvalue weighted by Gasteiger charge is 2.32. The standard InChI is InChI=1S/C8H10BrNO4S3/c9-7-1-4-15-8(7)17(13,14)10-2-5-16(11,12)6-3-10/h1,4H,2-3,5-6H2. The summed E-state index contributed by atoms with van der Waals surface area (Å²) in [6, 6.07) is 1.66. The minimum atomic E-state index is -3.56. The molecular weight excluding hydrogens is 350 g/mol. The Morgan fingerprint density at radius 3 is 2.35 bits per heavy atom. The Labute approximate surface area is 113 Å². The molecule has 0 radical (unpaired) electrons. The van der Waals surface area contributed by atoms with Crippen LogP contribution in [-0.2, 0) is 19.9 Å². The van der Waals surface area contributed by atoms with Crippen molar-refractivity contribution in [2.45, 2.75) is 4.21 Å². The molecule has 2 heterocycles. The first-order valence-electron chi connectivity index (χ1n) is 4.76. The Morgan fingerprint density at radius 2 is 1.88 bits per heavy atom. The summed E-state index contributed by atoms with van der Waals surface area (Å²) in [6.45, 7) is 0.0734. The van der Waals surface area contributed by atoms with E-state index in [0.717, 1.165) is 11.3 Å². The van der Waals surface area contributed by atoms with E-state index in [4.69, 9.17) is 0 Å². The van der Waals surface area contributed by atoms with Crippen LogP contribution in [0.1, 0.15) is 0 Å². The molecule has 1 aliphatic rings. The molecule has 1 saturated heterocycles. The van der Waals surface area contributed by atoms with Crippen LogP contribution >= 0.6 is 27.3 Å². The van der Waals surface area contributed by atoms with E-state index in [1.807, 2.05) is 0 Å². The van der Waals surface area contributed by atoms with Crippen LogP contribution in [-0.4, -0.2) is 45.7 Å². The van der Waals surface area contributed by atoms with E-state index in [1.165, 1.54) is 4.31 Å². The maximum atomic E-state index is 12.2. The van der Waals surface area contributed by atoms with Crippen molar-refractivity contribution in [3.63, 3.8) is 0 Å². The average molecular weight is 360 g/mol. The molecule has 0 aliphatic carbocycles. The maximum Gasteiger partial charge on any atom is 0.253 e. The van der Waals surface area contributed by atoms with Gasteiger partial charge < -0.3 is 0 Å². The molecule has 1 aromatic rings. The van der Waals surface area contributed by atoms with Gasteiger partial charge in [0.2, 0.25) is 0 Å². The summed E-state index contributed by atoms with van der Waals surface area (Å²) in [5.41, 5.74) is 0. The van der Waals surface area contributed by atoms with Crippen molar-refractivity contribution in [1.82, 2.24) is 4.31 Å². The van der Waals surface area contributed by atoms with Crippen molar-refractivity contribution in [2.75, 3.05) is 24.6 Å². The highest BCUT2D eigenvalue weighted by atomic mass is 79.9. The molecule has 0 atom stereocenters. The molecule has 1 aliphatic heterocycles. The van der Waals surface area contributed by atoms with Gasteiger partial charge in [0.1, 0.15) is 4.21 Å². The Kier molecular flexibility index (Phi) is 3.66. The van der Waals surface area contributed by atoms with Crippen LogP contribution in [0.2, 0.25) is 0 Å². The molecule has 0 bridgehead atoms. The van der Waals surface area contributed by atoms with Crippen molar-refractivity contribution in [3.05, 3.63) is 15.9 Å². The van der Waals surface area contributed by atoms with Crippen LogP contribution in [0, 0.1) is 0 Å². The second kappa shape index (κ2) is 4.61. The highest BCUT2D eigenvalue weighted by Crippen LogP contribution is 2.30. The number of rotatable bonds is 2. The molecule has 1 fully saturated rings. The van der Waals surface area contributed by atoms with Crippen LogP contribution in [0.25, 0.3) is 0 Å². The number of nitrogens with zero attached hydrogens (tertiary/aromatic N) is 1. The summed E-state index contributed by atoms with van der Waals surface area (Å²) in [4.78, 5) is 0. The van der Waals surface area contributed by atoms with Crippen molar-refractivity contribution in [3.8, 4) is 0 Å². The molecule has 0 unspecified atom stereocenters. The molecule has 0 saturated carbocycles. The van der Waals surface area contributed by atoms with Gasteiger partial charge in [0.05, 0.1) is 11.5 Å². The number of sulfonamides is 1. The second-order valence-electron chi connectivity index (χ2n) is 3.61. The van der Waals surface area contributed by atoms with Crippen LogP contribution in [0.4, 0.5) is 0 Å². The normalized spacial score (nSPS) is 21.5. The molecule has 5 nitrogen and oxygen atoms in total. The molecule has 0 amide bonds. The molecule has 0 spiro atoms. The lowest BCUT2D eigenvalue weighted by Gasteiger charge is -2.25. The van der Waals surface area contributed by atoms with E-state index in [0.29, 0.717) is 4.47 Å². The monoisotopic (exact) mass is 359 g/mol. The van der Waals surface area contributed by atoms with Gasteiger partial charge in [-0.2, -0.15) is 4.31 Å². The van der Waals surface area contributed by atoms with Crippen molar-refractivity contribution in [2.24, 2.45) is 0 Å². The third kappa shape index (κ3) is 2.73. The van der Waals surface area contributed by atoms with E-state index in [9.17, 15) is 16.8 Å². The molecule has 2 rings (SSSR count). The van der Waals surface area contributed by atoms with E-state index < -0.39 is 19.9 Å². The lowest BCUT2D eigenvalue weighted by atomic mass is 10.6. The Balaban J connectivity index is 2.27. The van der Waals surface area contributed by atoms with E-state index in [-0.39, 0.29) is 28.8 Å². The fraction of sp³-hybridized carbons (Fsp3) is 0.500. The van der Waals surface area contributed by atoms with Gasteiger partial charge in [0, 0.05) is 17.6 Å². The topological polar surface area (TPSA) is 71.5 Å². The number of halogens is 1. The molecule has 17 heavy (non-hydrogen) atoms. The van der Waals surface area contributed by atoms with E-state index >= 15 is 0 Å². The molecule has 0 N–H and O–H groups in total. The number of thiophene rings is 1. The third-order valence-corrected chi connectivity index (χ3v) is 8.62. The summed E-state index contributed by atoms with van der Waals surface area (Å²) >= 11 is 4.30. The molecule has 0 aromatic carbocycles. The van der Waals surface area contributed by atoms with Gasteiger partial charge >= 0.3 is 0 Å². The molecule has 1 aromatic heterocycles. The number of hydrogen-bond donors (Lipinski definition) is 0. The predicted molar refractivity (Wildman–Crippen MR) is 69.4 cm³/mol. The summed E-state index contributed by atoms with van der Waals surface area (Å²) in [5, 5.41) is 1.68. The Morgan fingerprint density at radius 1 is 1.29 bits per heavy atom. The van der Waals surface area contributed by atoms with Gasteiger partial charge in [-0.1, -0.05) is 0 Å². The van der Waals surface area contributed by atoms with Gasteiger partial charge in [-0.05, 0) is 27.4 Å². The van der Waals surface area contributed by atoms with Gasteiger partial charge in [0.25, 0.3) is 10.0 Å². The zero-order chi connectivity index (χ0) is 12.7. The fourth-order valence-corrected chi connectivity index (χ4v) is 6.84. The molecule has 9 heteroatoms. The predicted octanol–water partition coefficient (Wildman–Crippen LogP) is 0.930. The van der Waals surface area contributed by atoms with Crippen molar-refractivity contribution in [1.29, 1.82) is 0 Å². The van der Waals surface area contributed by atoms with E-state index in [1.54, 1.807) is 11.4 Å². The highest BCUT2D eigenvalue weighted by molar-refractivity contribution is 9.10. The second-order valence-corrected chi connectivity index (χ2v) is 9.82. The molecule has 96 valence electrons. The fourth-order valence-electron chi connectivity index (χ4n) is 1.52. The smallest absolute Gasteiger partial charge is 0.229 e. The zero-order valence-electron chi connectivity index (χ0n) is 8.67. The van der Waals surface area contributed by atoms with Crippen molar-refractivity contribution >= 4 is 47.1 Å². The van der Waals surface area contributed by atoms with Crippen LogP contribution < -0.4 is 0 Å². The van der Waals surface area contributed by atoms with Gasteiger partial charge in [0.15, 0.2) is 9.84 Å². The summed E-state index contributed by atoms with van der Waals surface area (Å²) in [7, 11) is -6.63. The van der Waals surface area contributed by atoms with Crippen LogP contribution in [0.3, 0.4) is 0 Å². The molecular formula is C8H10BrNO4S3. The number of hydrogen-bond acceptors (Lipinski definition) is 5. The zero-order valence-corrected chi connectivity index (χ0v) is 12.7. The summed E-state index contributed by atoms with van der Waals surface area (Å²) in [5.74, 6) is -0.204. The van der Waals surface area contributed by atoms with Crippen molar-refractivity contribution < 1.29 is 16.8 Å². The minimum Gasteiger partial charge on any atom is -0.229 e. The first-order chi connectivity index (χ1) is 7.83. The van der Waals surface area contributed by atoms with Crippen LogP contribution in [0.15, 0.2) is 20.1 Å². The van der Waals surface area contributed by atoms with Gasteiger partial charge in [-0.15, -0.1) is 11.3 Å². The third-order valence-electron chi connectivity index (χ3n) is 2.46. The first-order valence-corrected chi connectivity index (χ1v) is 9.70. The minimum absolute atomic E-state index is 0.0367. The largest absolute Gasteiger partial charge is 0.253 e. The maximum absolute atomic E-state index is 12.2. The quantitative estimate of drug-likeness (QED) is 0.787. The lowest BCUT2D eigenvalue weighted by Crippen LogP contribution is -2.43.